The Morgan fingerprint density at radius 1 is 1.42 bits per heavy atom. The first-order chi connectivity index (χ1) is 8.95. The van der Waals surface area contributed by atoms with E-state index in [1.807, 2.05) is 0 Å². The van der Waals surface area contributed by atoms with Crippen molar-refractivity contribution in [1.29, 1.82) is 0 Å². The van der Waals surface area contributed by atoms with Gasteiger partial charge in [0, 0.05) is 30.5 Å². The number of nitrogen functional groups attached to an aromatic ring is 2. The molecule has 106 valence electrons. The molecular formula is C14H24N4O. The highest BCUT2D eigenvalue weighted by molar-refractivity contribution is 5.99. The first kappa shape index (κ1) is 15.3. The van der Waals surface area contributed by atoms with E-state index in [1.165, 1.54) is 0 Å². The topological polar surface area (TPSA) is 84.4 Å². The first-order valence-electron chi connectivity index (χ1n) is 6.59. The van der Waals surface area contributed by atoms with Gasteiger partial charge in [0.05, 0.1) is 5.56 Å². The monoisotopic (exact) mass is 264 g/mol. The molecule has 0 aromatic heterocycles. The highest BCUT2D eigenvalue weighted by atomic mass is 16.1. The third-order valence-corrected chi connectivity index (χ3v) is 3.41. The van der Waals surface area contributed by atoms with E-state index in [0.29, 0.717) is 29.5 Å². The van der Waals surface area contributed by atoms with Crippen molar-refractivity contribution >= 4 is 17.3 Å². The SMILES string of the molecule is CCC(C)N(C)CCNC(=O)c1ccc(N)cc1N. The number of likely N-dealkylation sites (N-methyl/N-ethyl adjacent to an activating group) is 1. The molecule has 0 saturated heterocycles. The molecule has 19 heavy (non-hydrogen) atoms. The smallest absolute Gasteiger partial charge is 0.253 e. The van der Waals surface area contributed by atoms with E-state index in [2.05, 4.69) is 31.1 Å². The van der Waals surface area contributed by atoms with Gasteiger partial charge in [-0.3, -0.25) is 4.79 Å². The predicted octanol–water partition coefficient (Wildman–Crippen LogP) is 1.31. The van der Waals surface area contributed by atoms with Gasteiger partial charge in [-0.05, 0) is 38.6 Å². The number of carbonyl (C=O) groups is 1. The molecule has 0 aliphatic heterocycles. The number of hydrogen-bond donors (Lipinski definition) is 3. The Morgan fingerprint density at radius 2 is 2.11 bits per heavy atom. The minimum absolute atomic E-state index is 0.157. The zero-order chi connectivity index (χ0) is 14.4. The van der Waals surface area contributed by atoms with Crippen LogP contribution in [0.15, 0.2) is 18.2 Å². The van der Waals surface area contributed by atoms with Gasteiger partial charge in [0.15, 0.2) is 0 Å². The molecule has 0 fully saturated rings. The van der Waals surface area contributed by atoms with Crippen molar-refractivity contribution in [3.8, 4) is 0 Å². The molecule has 5 N–H and O–H groups in total. The van der Waals surface area contributed by atoms with Crippen LogP contribution in [0.1, 0.15) is 30.6 Å². The van der Waals surface area contributed by atoms with Crippen LogP contribution in [0.4, 0.5) is 11.4 Å². The summed E-state index contributed by atoms with van der Waals surface area (Å²) in [5.74, 6) is -0.157. The molecule has 0 aliphatic carbocycles. The molecule has 0 radical (unpaired) electrons. The third-order valence-electron chi connectivity index (χ3n) is 3.41. The van der Waals surface area contributed by atoms with Crippen LogP contribution in [0.2, 0.25) is 0 Å². The van der Waals surface area contributed by atoms with Crippen LogP contribution in [0.5, 0.6) is 0 Å². The van der Waals surface area contributed by atoms with Crippen molar-refractivity contribution in [2.75, 3.05) is 31.6 Å². The Hall–Kier alpha value is -1.75. The van der Waals surface area contributed by atoms with Gasteiger partial charge in [0.25, 0.3) is 5.91 Å². The number of carbonyl (C=O) groups excluding carboxylic acids is 1. The Balaban J connectivity index is 2.47. The van der Waals surface area contributed by atoms with Crippen LogP contribution in [0.25, 0.3) is 0 Å². The number of nitrogens with two attached hydrogens (primary N) is 2. The minimum Gasteiger partial charge on any atom is -0.399 e. The van der Waals surface area contributed by atoms with Crippen LogP contribution in [-0.2, 0) is 0 Å². The minimum atomic E-state index is -0.157. The van der Waals surface area contributed by atoms with Crippen molar-refractivity contribution in [3.05, 3.63) is 23.8 Å². The number of nitrogens with zero attached hydrogens (tertiary/aromatic N) is 1. The number of rotatable bonds is 6. The van der Waals surface area contributed by atoms with Crippen LogP contribution < -0.4 is 16.8 Å². The fourth-order valence-electron chi connectivity index (χ4n) is 1.76. The fraction of sp³-hybridized carbons (Fsp3) is 0.500. The van der Waals surface area contributed by atoms with Crippen LogP contribution in [0.3, 0.4) is 0 Å². The van der Waals surface area contributed by atoms with Crippen molar-refractivity contribution in [2.45, 2.75) is 26.3 Å². The lowest BCUT2D eigenvalue weighted by atomic mass is 10.1. The molecule has 0 bridgehead atoms. The Kier molecular flexibility index (Phi) is 5.63. The summed E-state index contributed by atoms with van der Waals surface area (Å²) in [6.07, 6.45) is 1.09. The molecule has 0 saturated carbocycles. The summed E-state index contributed by atoms with van der Waals surface area (Å²) in [5, 5.41) is 2.87. The second kappa shape index (κ2) is 6.99. The zero-order valence-electron chi connectivity index (χ0n) is 11.9. The van der Waals surface area contributed by atoms with Crippen molar-refractivity contribution in [1.82, 2.24) is 10.2 Å². The normalized spacial score (nSPS) is 12.4. The van der Waals surface area contributed by atoms with E-state index in [1.54, 1.807) is 18.2 Å². The van der Waals surface area contributed by atoms with Crippen LogP contribution >= 0.6 is 0 Å². The van der Waals surface area contributed by atoms with Crippen molar-refractivity contribution in [2.24, 2.45) is 0 Å². The molecule has 1 rings (SSSR count). The molecule has 5 heteroatoms. The van der Waals surface area contributed by atoms with Gasteiger partial charge >= 0.3 is 0 Å². The molecule has 1 amide bonds. The van der Waals surface area contributed by atoms with Gasteiger partial charge in [-0.15, -0.1) is 0 Å². The molecule has 5 nitrogen and oxygen atoms in total. The van der Waals surface area contributed by atoms with Gasteiger partial charge in [-0.2, -0.15) is 0 Å². The second-order valence-electron chi connectivity index (χ2n) is 4.84. The largest absolute Gasteiger partial charge is 0.399 e. The van der Waals surface area contributed by atoms with Crippen molar-refractivity contribution < 1.29 is 4.79 Å². The molecule has 1 atom stereocenters. The van der Waals surface area contributed by atoms with E-state index in [4.69, 9.17) is 11.5 Å². The predicted molar refractivity (Wildman–Crippen MR) is 80.0 cm³/mol. The highest BCUT2D eigenvalue weighted by Crippen LogP contribution is 2.15. The second-order valence-corrected chi connectivity index (χ2v) is 4.84. The molecule has 0 heterocycles. The lowest BCUT2D eigenvalue weighted by Gasteiger charge is -2.23. The summed E-state index contributed by atoms with van der Waals surface area (Å²) in [6.45, 7) is 5.73. The molecule has 1 aromatic rings. The lowest BCUT2D eigenvalue weighted by molar-refractivity contribution is 0.0948. The Morgan fingerprint density at radius 3 is 2.68 bits per heavy atom. The van der Waals surface area contributed by atoms with E-state index in [0.717, 1.165) is 13.0 Å². The standard InChI is InChI=1S/C14H24N4O/c1-4-10(2)18(3)8-7-17-14(19)12-6-5-11(15)9-13(12)16/h5-6,9-10H,4,7-8,15-16H2,1-3H3,(H,17,19). The number of benzene rings is 1. The fourth-order valence-corrected chi connectivity index (χ4v) is 1.76. The molecule has 1 unspecified atom stereocenters. The number of amides is 1. The lowest BCUT2D eigenvalue weighted by Crippen LogP contribution is -2.37. The number of hydrogen-bond acceptors (Lipinski definition) is 4. The van der Waals surface area contributed by atoms with E-state index >= 15 is 0 Å². The van der Waals surface area contributed by atoms with Gasteiger partial charge < -0.3 is 21.7 Å². The number of nitrogens with one attached hydrogen (secondary N) is 1. The van der Waals surface area contributed by atoms with Crippen LogP contribution in [0, 0.1) is 0 Å². The molecule has 0 spiro atoms. The Labute approximate surface area is 115 Å². The summed E-state index contributed by atoms with van der Waals surface area (Å²) in [7, 11) is 2.05. The summed E-state index contributed by atoms with van der Waals surface area (Å²) in [6, 6.07) is 5.44. The van der Waals surface area contributed by atoms with Crippen molar-refractivity contribution in [3.63, 3.8) is 0 Å². The Bertz CT molecular complexity index is 433. The summed E-state index contributed by atoms with van der Waals surface area (Å²) < 4.78 is 0. The maximum absolute atomic E-state index is 11.9. The molecule has 0 aliphatic rings. The zero-order valence-corrected chi connectivity index (χ0v) is 11.9. The summed E-state index contributed by atoms with van der Waals surface area (Å²) in [5.41, 5.74) is 12.8. The highest BCUT2D eigenvalue weighted by Gasteiger charge is 2.10. The molecule has 1 aromatic carbocycles. The number of anilines is 2. The average Bonchev–Trinajstić information content (AvgIpc) is 2.37. The van der Waals surface area contributed by atoms with Gasteiger partial charge in [0.2, 0.25) is 0 Å². The maximum atomic E-state index is 11.9. The molecular weight excluding hydrogens is 240 g/mol. The maximum Gasteiger partial charge on any atom is 0.253 e. The quantitative estimate of drug-likeness (QED) is 0.676. The summed E-state index contributed by atoms with van der Waals surface area (Å²) in [4.78, 5) is 14.2. The first-order valence-corrected chi connectivity index (χ1v) is 6.59. The van der Waals surface area contributed by atoms with E-state index in [-0.39, 0.29) is 5.91 Å². The average molecular weight is 264 g/mol. The summed E-state index contributed by atoms with van der Waals surface area (Å²) >= 11 is 0. The van der Waals surface area contributed by atoms with E-state index in [9.17, 15) is 4.79 Å². The van der Waals surface area contributed by atoms with Gasteiger partial charge in [0.1, 0.15) is 0 Å². The van der Waals surface area contributed by atoms with Crippen LogP contribution in [-0.4, -0.2) is 37.0 Å². The van der Waals surface area contributed by atoms with Gasteiger partial charge in [-0.1, -0.05) is 6.92 Å². The van der Waals surface area contributed by atoms with Gasteiger partial charge in [-0.25, -0.2) is 0 Å². The third kappa shape index (κ3) is 4.44. The van der Waals surface area contributed by atoms with E-state index < -0.39 is 0 Å².